The molecule has 1 aliphatic heterocycles. The highest BCUT2D eigenvalue weighted by molar-refractivity contribution is 5.90. The Morgan fingerprint density at radius 1 is 1.03 bits per heavy atom. The summed E-state index contributed by atoms with van der Waals surface area (Å²) in [5.41, 5.74) is 3.30. The molecule has 7 nitrogen and oxygen atoms in total. The summed E-state index contributed by atoms with van der Waals surface area (Å²) in [7, 11) is 3.23. The number of nitrogens with one attached hydrogen (secondary N) is 1. The first-order valence-corrected chi connectivity index (χ1v) is 12.0. The third-order valence-electron chi connectivity index (χ3n) is 7.43. The second-order valence-corrected chi connectivity index (χ2v) is 9.56. The van der Waals surface area contributed by atoms with Crippen molar-refractivity contribution in [2.24, 2.45) is 0 Å². The molecule has 0 saturated carbocycles. The summed E-state index contributed by atoms with van der Waals surface area (Å²) in [6.45, 7) is 1.99. The highest BCUT2D eigenvalue weighted by atomic mass is 16.5. The predicted octanol–water partition coefficient (Wildman–Crippen LogP) is 4.99. The summed E-state index contributed by atoms with van der Waals surface area (Å²) in [6, 6.07) is 17.9. The lowest BCUT2D eigenvalue weighted by Crippen LogP contribution is -2.44. The van der Waals surface area contributed by atoms with E-state index in [0.29, 0.717) is 24.3 Å². The van der Waals surface area contributed by atoms with E-state index < -0.39 is 17.5 Å². The first-order valence-electron chi connectivity index (χ1n) is 12.0. The van der Waals surface area contributed by atoms with E-state index in [9.17, 15) is 14.7 Å². The Labute approximate surface area is 210 Å². The van der Waals surface area contributed by atoms with Gasteiger partial charge >= 0.3 is 5.97 Å². The van der Waals surface area contributed by atoms with Gasteiger partial charge in [0.1, 0.15) is 23.4 Å². The molecule has 1 aliphatic carbocycles. The van der Waals surface area contributed by atoms with Crippen molar-refractivity contribution in [2.75, 3.05) is 14.2 Å². The van der Waals surface area contributed by atoms with Gasteiger partial charge in [0, 0.05) is 18.1 Å². The minimum atomic E-state index is -0.996. The van der Waals surface area contributed by atoms with Gasteiger partial charge in [-0.15, -0.1) is 0 Å². The fourth-order valence-electron chi connectivity index (χ4n) is 5.30. The number of hydrogen-bond donors (Lipinski definition) is 2. The van der Waals surface area contributed by atoms with Crippen molar-refractivity contribution in [1.82, 2.24) is 5.32 Å². The zero-order valence-corrected chi connectivity index (χ0v) is 20.5. The van der Waals surface area contributed by atoms with Crippen LogP contribution in [0.1, 0.15) is 64.5 Å². The number of aryl methyl sites for hydroxylation is 1. The molecule has 0 spiro atoms. The van der Waals surface area contributed by atoms with E-state index >= 15 is 0 Å². The van der Waals surface area contributed by atoms with Gasteiger partial charge in [-0.05, 0) is 72.9 Å². The molecule has 1 amide bonds. The van der Waals surface area contributed by atoms with Gasteiger partial charge in [0.2, 0.25) is 5.91 Å². The molecule has 1 heterocycles. The lowest BCUT2D eigenvalue weighted by molar-refractivity contribution is -0.127. The van der Waals surface area contributed by atoms with Gasteiger partial charge in [-0.3, -0.25) is 4.79 Å². The van der Waals surface area contributed by atoms with Gasteiger partial charge in [0.25, 0.3) is 0 Å². The van der Waals surface area contributed by atoms with E-state index in [1.807, 2.05) is 43.3 Å². The van der Waals surface area contributed by atoms with Crippen LogP contribution in [0.2, 0.25) is 0 Å². The van der Waals surface area contributed by atoms with E-state index in [0.717, 1.165) is 34.4 Å². The van der Waals surface area contributed by atoms with Crippen molar-refractivity contribution in [3.05, 3.63) is 88.5 Å². The zero-order chi connectivity index (χ0) is 25.4. The number of carbonyl (C=O) groups is 2. The molecule has 186 valence electrons. The Morgan fingerprint density at radius 2 is 1.78 bits per heavy atom. The largest absolute Gasteiger partial charge is 0.497 e. The van der Waals surface area contributed by atoms with E-state index in [1.165, 1.54) is 0 Å². The highest BCUT2D eigenvalue weighted by Gasteiger charge is 2.43. The van der Waals surface area contributed by atoms with Crippen LogP contribution < -0.4 is 19.5 Å². The Bertz CT molecular complexity index is 1340. The molecule has 0 saturated heterocycles. The summed E-state index contributed by atoms with van der Waals surface area (Å²) in [5, 5.41) is 12.7. The Balaban J connectivity index is 1.47. The van der Waals surface area contributed by atoms with Crippen LogP contribution in [0.25, 0.3) is 0 Å². The van der Waals surface area contributed by atoms with Gasteiger partial charge in [-0.1, -0.05) is 18.2 Å². The van der Waals surface area contributed by atoms with Gasteiger partial charge in [-0.25, -0.2) is 4.79 Å². The molecular formula is C29H29NO6. The third kappa shape index (κ3) is 4.15. The Hall–Kier alpha value is -4.00. The molecule has 3 aromatic rings. The van der Waals surface area contributed by atoms with E-state index in [1.54, 1.807) is 38.5 Å². The SMILES string of the molecule is COc1ccc2c(c1)CC[C@@]2(C)C(=O)N[C@@H]1C[C@H](c2cccc(C(=O)O)c2)Oc2cc(OC)ccc21. The van der Waals surface area contributed by atoms with Gasteiger partial charge in [0.05, 0.1) is 31.2 Å². The van der Waals surface area contributed by atoms with Crippen LogP contribution in [0.15, 0.2) is 60.7 Å². The topological polar surface area (TPSA) is 94.1 Å². The quantitative estimate of drug-likeness (QED) is 0.509. The van der Waals surface area contributed by atoms with Gasteiger partial charge < -0.3 is 24.6 Å². The predicted molar refractivity (Wildman–Crippen MR) is 134 cm³/mol. The Morgan fingerprint density at radius 3 is 2.53 bits per heavy atom. The number of methoxy groups -OCH3 is 2. The number of rotatable bonds is 6. The molecule has 5 rings (SSSR count). The van der Waals surface area contributed by atoms with Crippen LogP contribution in [0.3, 0.4) is 0 Å². The summed E-state index contributed by atoms with van der Waals surface area (Å²) >= 11 is 0. The van der Waals surface area contributed by atoms with Crippen LogP contribution in [-0.4, -0.2) is 31.2 Å². The smallest absolute Gasteiger partial charge is 0.335 e. The molecule has 0 bridgehead atoms. The molecule has 7 heteroatoms. The average Bonchev–Trinajstić information content (AvgIpc) is 3.25. The maximum atomic E-state index is 13.8. The Kier molecular flexibility index (Phi) is 6.08. The molecule has 3 aromatic carbocycles. The summed E-state index contributed by atoms with van der Waals surface area (Å²) < 4.78 is 17.1. The monoisotopic (exact) mass is 487 g/mol. The lowest BCUT2D eigenvalue weighted by Gasteiger charge is -2.35. The number of benzene rings is 3. The van der Waals surface area contributed by atoms with Crippen LogP contribution in [-0.2, 0) is 16.6 Å². The standard InChI is InChI=1S/C29H29NO6/c1-29(12-11-17-14-20(34-2)8-10-23(17)29)28(33)30-24-16-25(18-5-4-6-19(13-18)27(31)32)36-26-15-21(35-3)7-9-22(24)26/h4-10,13-15,24-25H,11-12,16H2,1-3H3,(H,30,33)(H,31,32)/t24-,25-,29-/m1/s1. The minimum Gasteiger partial charge on any atom is -0.497 e. The van der Waals surface area contributed by atoms with Crippen molar-refractivity contribution in [1.29, 1.82) is 0 Å². The fourth-order valence-corrected chi connectivity index (χ4v) is 5.30. The average molecular weight is 488 g/mol. The molecular weight excluding hydrogens is 458 g/mol. The lowest BCUT2D eigenvalue weighted by atomic mass is 9.82. The number of fused-ring (bicyclic) bond motifs is 2. The highest BCUT2D eigenvalue weighted by Crippen LogP contribution is 2.45. The van der Waals surface area contributed by atoms with Crippen LogP contribution in [0.4, 0.5) is 0 Å². The third-order valence-corrected chi connectivity index (χ3v) is 7.43. The first kappa shape index (κ1) is 23.7. The first-order chi connectivity index (χ1) is 17.3. The van der Waals surface area contributed by atoms with Crippen molar-refractivity contribution in [3.8, 4) is 17.2 Å². The van der Waals surface area contributed by atoms with Crippen molar-refractivity contribution in [3.63, 3.8) is 0 Å². The number of carbonyl (C=O) groups excluding carboxylic acids is 1. The molecule has 0 radical (unpaired) electrons. The van der Waals surface area contributed by atoms with Crippen molar-refractivity contribution in [2.45, 2.75) is 43.7 Å². The second kappa shape index (κ2) is 9.22. The summed E-state index contributed by atoms with van der Waals surface area (Å²) in [4.78, 5) is 25.3. The molecule has 0 unspecified atom stereocenters. The second-order valence-electron chi connectivity index (χ2n) is 9.56. The van der Waals surface area contributed by atoms with Crippen LogP contribution >= 0.6 is 0 Å². The van der Waals surface area contributed by atoms with E-state index in [2.05, 4.69) is 5.32 Å². The van der Waals surface area contributed by atoms with Crippen LogP contribution in [0.5, 0.6) is 17.2 Å². The molecule has 0 fully saturated rings. The zero-order valence-electron chi connectivity index (χ0n) is 20.5. The summed E-state index contributed by atoms with van der Waals surface area (Å²) in [5.74, 6) is 1.00. The van der Waals surface area contributed by atoms with Crippen molar-refractivity contribution >= 4 is 11.9 Å². The normalized spacial score (nSPS) is 22.1. The van der Waals surface area contributed by atoms with E-state index in [-0.39, 0.29) is 17.5 Å². The van der Waals surface area contributed by atoms with Gasteiger partial charge in [0.15, 0.2) is 0 Å². The van der Waals surface area contributed by atoms with Crippen molar-refractivity contribution < 1.29 is 28.9 Å². The number of carboxylic acids is 1. The fraction of sp³-hybridized carbons (Fsp3) is 0.310. The van der Waals surface area contributed by atoms with Gasteiger partial charge in [-0.2, -0.15) is 0 Å². The maximum absolute atomic E-state index is 13.8. The molecule has 3 atom stereocenters. The molecule has 0 aromatic heterocycles. The van der Waals surface area contributed by atoms with Crippen LogP contribution in [0, 0.1) is 0 Å². The van der Waals surface area contributed by atoms with E-state index in [4.69, 9.17) is 14.2 Å². The number of aromatic carboxylic acids is 1. The molecule has 2 N–H and O–H groups in total. The number of amides is 1. The maximum Gasteiger partial charge on any atom is 0.335 e. The number of ether oxygens (including phenoxy) is 3. The molecule has 2 aliphatic rings. The minimum absolute atomic E-state index is 0.0434. The summed E-state index contributed by atoms with van der Waals surface area (Å²) in [6.07, 6.45) is 1.56. The molecule has 36 heavy (non-hydrogen) atoms. The number of carboxylic acid groups (broad SMARTS) is 1. The number of hydrogen-bond acceptors (Lipinski definition) is 5.